The van der Waals surface area contributed by atoms with E-state index in [2.05, 4.69) is 30.1 Å². The maximum Gasteiger partial charge on any atom is 0.194 e. The summed E-state index contributed by atoms with van der Waals surface area (Å²) >= 11 is 9.12. The first-order valence-corrected chi connectivity index (χ1v) is 16.6. The van der Waals surface area contributed by atoms with Gasteiger partial charge in [0.1, 0.15) is 44.6 Å². The van der Waals surface area contributed by atoms with Crippen molar-refractivity contribution < 1.29 is 0 Å². The molecule has 0 aromatic carbocycles. The van der Waals surface area contributed by atoms with Gasteiger partial charge in [-0.1, -0.05) is 11.6 Å². The van der Waals surface area contributed by atoms with Crippen LogP contribution >= 0.6 is 35.1 Å². The monoisotopic (exact) mass is 706 g/mol. The lowest BCUT2D eigenvalue weighted by Crippen LogP contribution is -2.38. The van der Waals surface area contributed by atoms with Crippen LogP contribution in [0.15, 0.2) is 100 Å². The van der Waals surface area contributed by atoms with Crippen molar-refractivity contribution in [1.29, 1.82) is 0 Å². The minimum atomic E-state index is 0.415. The lowest BCUT2D eigenvalue weighted by atomic mass is 10.3. The molecule has 19 heteroatoms. The van der Waals surface area contributed by atoms with Crippen molar-refractivity contribution in [3.8, 4) is 0 Å². The van der Waals surface area contributed by atoms with E-state index in [4.69, 9.17) is 41.7 Å². The zero-order valence-electron chi connectivity index (χ0n) is 25.9. The molecule has 8 heterocycles. The Balaban J connectivity index is 1.34. The fourth-order valence-electron chi connectivity index (χ4n) is 4.90. The van der Waals surface area contributed by atoms with Gasteiger partial charge in [-0.05, 0) is 66.8 Å². The van der Waals surface area contributed by atoms with Gasteiger partial charge in [-0.3, -0.25) is 9.36 Å². The lowest BCUT2D eigenvalue weighted by molar-refractivity contribution is 0.742. The summed E-state index contributed by atoms with van der Waals surface area (Å²) in [6.45, 7) is 1.84. The van der Waals surface area contributed by atoms with Crippen molar-refractivity contribution in [2.75, 3.05) is 10.0 Å². The molecule has 0 saturated heterocycles. The predicted molar refractivity (Wildman–Crippen MR) is 184 cm³/mol. The van der Waals surface area contributed by atoms with Crippen molar-refractivity contribution in [1.82, 2.24) is 69.6 Å². The highest BCUT2D eigenvalue weighted by molar-refractivity contribution is 7.99. The van der Waals surface area contributed by atoms with E-state index in [9.17, 15) is 0 Å². The Morgan fingerprint density at radius 3 is 1.80 bits per heavy atom. The van der Waals surface area contributed by atoms with E-state index in [0.29, 0.717) is 76.4 Å². The number of aryl methyl sites for hydroxylation is 3. The minimum absolute atomic E-state index is 0.415. The molecule has 49 heavy (non-hydrogen) atoms. The van der Waals surface area contributed by atoms with Crippen LogP contribution < -0.4 is 10.0 Å². The topological polar surface area (TPSA) is 174 Å². The van der Waals surface area contributed by atoms with Crippen LogP contribution in [0.3, 0.4) is 0 Å². The molecule has 0 aliphatic heterocycles. The number of nitrogens with zero attached hydrogens (tertiary/aromatic N) is 15. The second-order valence-corrected chi connectivity index (χ2v) is 12.9. The average molecular weight is 707 g/mol. The van der Waals surface area contributed by atoms with Crippen LogP contribution in [0.1, 0.15) is 5.82 Å². The highest BCUT2D eigenvalue weighted by Crippen LogP contribution is 2.39. The first-order valence-electron chi connectivity index (χ1n) is 14.6. The first kappa shape index (κ1) is 30.6. The van der Waals surface area contributed by atoms with Crippen LogP contribution in [0.5, 0.6) is 0 Å². The predicted octanol–water partition coefficient (Wildman–Crippen LogP) is 5.50. The molecule has 0 aliphatic rings. The summed E-state index contributed by atoms with van der Waals surface area (Å²) in [5.74, 6) is 2.56. The summed E-state index contributed by atoms with van der Waals surface area (Å²) in [4.78, 5) is 36.2. The molecule has 0 atom stereocenters. The number of pyridine rings is 3. The van der Waals surface area contributed by atoms with E-state index in [0.717, 1.165) is 0 Å². The molecule has 0 unspecified atom stereocenters. The van der Waals surface area contributed by atoms with Crippen LogP contribution in [0.25, 0.3) is 22.1 Å². The summed E-state index contributed by atoms with van der Waals surface area (Å²) in [5.41, 5.74) is 2.22. The molecule has 8 aromatic heterocycles. The number of rotatable bonds is 9. The van der Waals surface area contributed by atoms with Crippen LogP contribution in [0.2, 0.25) is 5.02 Å². The molecular formula is C30H23ClN16S2. The van der Waals surface area contributed by atoms with Gasteiger partial charge in [0.25, 0.3) is 0 Å². The third kappa shape index (κ3) is 6.07. The number of aromatic nitrogens is 14. The molecule has 8 aromatic rings. The molecule has 8 rings (SSSR count). The number of halogens is 1. The van der Waals surface area contributed by atoms with E-state index < -0.39 is 0 Å². The Morgan fingerprint density at radius 1 is 0.694 bits per heavy atom. The highest BCUT2D eigenvalue weighted by atomic mass is 35.5. The fourth-order valence-corrected chi connectivity index (χ4v) is 6.64. The molecule has 0 aliphatic carbocycles. The third-order valence-electron chi connectivity index (χ3n) is 7.01. The average Bonchev–Trinajstić information content (AvgIpc) is 3.85. The zero-order chi connectivity index (χ0) is 33.5. The van der Waals surface area contributed by atoms with Crippen molar-refractivity contribution in [2.24, 2.45) is 14.1 Å². The summed E-state index contributed by atoms with van der Waals surface area (Å²) in [5, 5.41) is 24.5. The Bertz CT molecular complexity index is 2460. The third-order valence-corrected chi connectivity index (χ3v) is 9.20. The fraction of sp³-hybridized carbons (Fsp3) is 0.100. The highest BCUT2D eigenvalue weighted by Gasteiger charge is 2.31. The Labute approximate surface area is 291 Å². The van der Waals surface area contributed by atoms with E-state index in [1.807, 2.05) is 69.8 Å². The van der Waals surface area contributed by atoms with Gasteiger partial charge in [0.15, 0.2) is 28.4 Å². The Kier molecular flexibility index (Phi) is 7.94. The van der Waals surface area contributed by atoms with E-state index >= 15 is 0 Å². The van der Waals surface area contributed by atoms with Crippen LogP contribution in [0.4, 0.5) is 23.3 Å². The minimum Gasteiger partial charge on any atom is -0.320 e. The van der Waals surface area contributed by atoms with Gasteiger partial charge < -0.3 is 4.98 Å². The summed E-state index contributed by atoms with van der Waals surface area (Å²) in [6.07, 6.45) is 8.34. The molecule has 1 N–H and O–H groups in total. The molecule has 0 fully saturated rings. The maximum atomic E-state index is 6.44. The van der Waals surface area contributed by atoms with Gasteiger partial charge in [-0.15, -0.1) is 10.2 Å². The van der Waals surface area contributed by atoms with Crippen LogP contribution in [-0.4, -0.2) is 69.6 Å². The largest absolute Gasteiger partial charge is 0.320 e. The lowest BCUT2D eigenvalue weighted by Gasteiger charge is -2.33. The molecule has 242 valence electrons. The molecule has 0 saturated carbocycles. The van der Waals surface area contributed by atoms with Gasteiger partial charge >= 0.3 is 0 Å². The normalized spacial score (nSPS) is 11.4. The number of aromatic amines is 1. The summed E-state index contributed by atoms with van der Waals surface area (Å²) < 4.78 is 3.40. The Morgan fingerprint density at radius 2 is 1.29 bits per heavy atom. The van der Waals surface area contributed by atoms with Crippen LogP contribution in [-0.2, 0) is 14.1 Å². The maximum absolute atomic E-state index is 6.44. The van der Waals surface area contributed by atoms with E-state index in [1.165, 1.54) is 36.2 Å². The molecule has 0 spiro atoms. The van der Waals surface area contributed by atoms with Gasteiger partial charge in [0.05, 0.1) is 16.1 Å². The second kappa shape index (κ2) is 12.7. The standard InChI is InChI=1S/C30H23ClN16S2/c1-17-37-30(41-40-17)49-24-9-7-20-26(39-24)28(36-16-34-20)47(22-11-14-45(3)43-22)46(21-10-13-44(2)42-21)27-25-19(33-15-35-27)6-8-23(38-25)48-29-18(31)5-4-12-32-29/h4-16H,1-3H3,(H,37,40,41). The molecular weight excluding hydrogens is 684 g/mol. The summed E-state index contributed by atoms with van der Waals surface area (Å²) in [7, 11) is 3.68. The number of hydrogen-bond donors (Lipinski definition) is 1. The molecule has 16 nitrogen and oxygen atoms in total. The van der Waals surface area contributed by atoms with Gasteiger partial charge in [0.2, 0.25) is 0 Å². The zero-order valence-corrected chi connectivity index (χ0v) is 28.3. The SMILES string of the molecule is Cc1nnc(Sc2ccc3ncnc(N(c4ccn(C)n4)N(c4ccn(C)n4)c4ncnc5ccc(Sc6ncccc6Cl)nc45)c3n2)[nH]1. The quantitative estimate of drug-likeness (QED) is 0.186. The first-order chi connectivity index (χ1) is 23.9. The smallest absolute Gasteiger partial charge is 0.194 e. The van der Waals surface area contributed by atoms with Crippen molar-refractivity contribution in [2.45, 2.75) is 27.2 Å². The number of anilines is 4. The van der Waals surface area contributed by atoms with Crippen molar-refractivity contribution >= 4 is 80.5 Å². The number of hydrogen-bond acceptors (Lipinski definition) is 15. The number of nitrogens with one attached hydrogen (secondary N) is 1. The molecule has 0 amide bonds. The van der Waals surface area contributed by atoms with Crippen molar-refractivity contribution in [3.63, 3.8) is 0 Å². The van der Waals surface area contributed by atoms with E-state index in [-0.39, 0.29) is 0 Å². The van der Waals surface area contributed by atoms with Crippen molar-refractivity contribution in [3.05, 3.63) is 90.6 Å². The van der Waals surface area contributed by atoms with Gasteiger partial charge in [0, 0.05) is 44.8 Å². The Hall–Kier alpha value is -5.72. The number of fused-ring (bicyclic) bond motifs is 2. The van der Waals surface area contributed by atoms with Crippen LogP contribution in [0, 0.1) is 6.92 Å². The van der Waals surface area contributed by atoms with E-state index in [1.54, 1.807) is 37.7 Å². The number of hydrazine groups is 1. The van der Waals surface area contributed by atoms with Gasteiger partial charge in [-0.25, -0.2) is 44.9 Å². The van der Waals surface area contributed by atoms with Gasteiger partial charge in [-0.2, -0.15) is 10.2 Å². The summed E-state index contributed by atoms with van der Waals surface area (Å²) in [6, 6.07) is 14.8. The second-order valence-electron chi connectivity index (χ2n) is 10.5. The number of H-pyrrole nitrogens is 1. The molecule has 0 radical (unpaired) electrons. The molecule has 0 bridgehead atoms.